The first kappa shape index (κ1) is 17.1. The number of benzene rings is 2. The fourth-order valence-electron chi connectivity index (χ4n) is 2.56. The Morgan fingerprint density at radius 1 is 1.18 bits per heavy atom. The molecule has 9 heteroatoms. The molecule has 2 heterocycles. The largest absolute Gasteiger partial charge is 0.360 e. The smallest absolute Gasteiger partial charge is 0.258 e. The van der Waals surface area contributed by atoms with Crippen molar-refractivity contribution < 1.29 is 4.52 Å². The van der Waals surface area contributed by atoms with Crippen molar-refractivity contribution in [1.29, 1.82) is 5.26 Å². The number of hydrogen-bond acceptors (Lipinski definition) is 8. The molecule has 0 saturated carbocycles. The van der Waals surface area contributed by atoms with Crippen molar-refractivity contribution in [3.05, 3.63) is 66.1 Å². The van der Waals surface area contributed by atoms with Crippen LogP contribution in [0.4, 0.5) is 5.69 Å². The van der Waals surface area contributed by atoms with Crippen LogP contribution in [0.2, 0.25) is 0 Å². The number of nitrogens with one attached hydrogen (secondary N) is 2. The lowest BCUT2D eigenvalue weighted by atomic mass is 10.1. The molecule has 0 amide bonds. The van der Waals surface area contributed by atoms with Crippen LogP contribution in [0, 0.1) is 18.3 Å². The van der Waals surface area contributed by atoms with Gasteiger partial charge in [-0.3, -0.25) is 0 Å². The van der Waals surface area contributed by atoms with E-state index in [1.54, 1.807) is 0 Å². The minimum Gasteiger partial charge on any atom is -0.360 e. The van der Waals surface area contributed by atoms with Crippen LogP contribution in [-0.4, -0.2) is 30.8 Å². The number of nitriles is 1. The third kappa shape index (κ3) is 3.61. The van der Waals surface area contributed by atoms with E-state index >= 15 is 0 Å². The minimum absolute atomic E-state index is 0.214. The summed E-state index contributed by atoms with van der Waals surface area (Å²) >= 11 is 0. The van der Waals surface area contributed by atoms with Gasteiger partial charge in [0.05, 0.1) is 0 Å². The third-order valence-corrected chi connectivity index (χ3v) is 3.90. The molecule has 2 aromatic heterocycles. The molecule has 0 bridgehead atoms. The molecule has 2 aromatic carbocycles. The van der Waals surface area contributed by atoms with Crippen molar-refractivity contribution >= 4 is 11.3 Å². The first-order valence-corrected chi connectivity index (χ1v) is 8.35. The Hall–Kier alpha value is -4.32. The fraction of sp³-hybridized carbons (Fsp3) is 0.0526. The van der Waals surface area contributed by atoms with Gasteiger partial charge in [-0.25, -0.2) is 0 Å². The molecule has 4 rings (SSSR count). The van der Waals surface area contributed by atoms with Gasteiger partial charge in [-0.2, -0.15) is 15.5 Å². The van der Waals surface area contributed by atoms with Gasteiger partial charge in [-0.15, -0.1) is 10.2 Å². The molecule has 0 aliphatic heterocycles. The van der Waals surface area contributed by atoms with E-state index in [0.29, 0.717) is 11.7 Å². The van der Waals surface area contributed by atoms with Crippen LogP contribution in [0.25, 0.3) is 28.4 Å². The van der Waals surface area contributed by atoms with Crippen LogP contribution in [0.1, 0.15) is 11.4 Å². The highest BCUT2D eigenvalue weighted by Crippen LogP contribution is 2.25. The molecular weight excluding hydrogens is 356 g/mol. The maximum absolute atomic E-state index is 9.23. The Bertz CT molecular complexity index is 1170. The lowest BCUT2D eigenvalue weighted by Gasteiger charge is -2.02. The molecule has 0 spiro atoms. The summed E-state index contributed by atoms with van der Waals surface area (Å²) < 4.78 is 5.42. The molecule has 0 saturated heterocycles. The summed E-state index contributed by atoms with van der Waals surface area (Å²) in [7, 11) is 0. The number of rotatable bonds is 5. The van der Waals surface area contributed by atoms with E-state index in [1.807, 2.05) is 61.5 Å². The molecule has 4 aromatic rings. The van der Waals surface area contributed by atoms with Gasteiger partial charge in [0.2, 0.25) is 11.6 Å². The Morgan fingerprint density at radius 3 is 2.82 bits per heavy atom. The Kier molecular flexibility index (Phi) is 4.59. The Morgan fingerprint density at radius 2 is 2.04 bits per heavy atom. The van der Waals surface area contributed by atoms with Crippen LogP contribution in [0.5, 0.6) is 0 Å². The molecule has 0 aliphatic carbocycles. The Labute approximate surface area is 159 Å². The van der Waals surface area contributed by atoms with Gasteiger partial charge < -0.3 is 9.84 Å². The molecule has 0 atom stereocenters. The van der Waals surface area contributed by atoms with E-state index < -0.39 is 0 Å². The van der Waals surface area contributed by atoms with Crippen molar-refractivity contribution in [2.75, 3.05) is 5.32 Å². The zero-order valence-electron chi connectivity index (χ0n) is 14.8. The SMILES string of the molecule is Cc1cccc(-c2noc(-c3cccc(NC=C(C#N)c4nn[nH]n4)c3)n2)c1. The van der Waals surface area contributed by atoms with E-state index in [0.717, 1.165) is 22.4 Å². The molecule has 9 nitrogen and oxygen atoms in total. The highest BCUT2D eigenvalue weighted by Gasteiger charge is 2.11. The molecule has 0 aliphatic rings. The number of tetrazole rings is 1. The highest BCUT2D eigenvalue weighted by molar-refractivity contribution is 5.74. The number of allylic oxidation sites excluding steroid dienone is 1. The molecule has 28 heavy (non-hydrogen) atoms. The van der Waals surface area contributed by atoms with Gasteiger partial charge in [0.1, 0.15) is 11.6 Å². The molecule has 0 fully saturated rings. The molecular formula is C19H14N8O. The third-order valence-electron chi connectivity index (χ3n) is 3.90. The van der Waals surface area contributed by atoms with Crippen molar-refractivity contribution in [3.63, 3.8) is 0 Å². The summed E-state index contributed by atoms with van der Waals surface area (Å²) in [4.78, 5) is 4.48. The first-order valence-electron chi connectivity index (χ1n) is 8.35. The maximum Gasteiger partial charge on any atom is 0.258 e. The summed E-state index contributed by atoms with van der Waals surface area (Å²) in [6, 6.07) is 17.3. The number of hydrogen-bond donors (Lipinski definition) is 2. The van der Waals surface area contributed by atoms with Gasteiger partial charge in [-0.05, 0) is 36.4 Å². The lowest BCUT2D eigenvalue weighted by Crippen LogP contribution is -1.93. The van der Waals surface area contributed by atoms with E-state index in [4.69, 9.17) is 4.52 Å². The van der Waals surface area contributed by atoms with Gasteiger partial charge in [-0.1, -0.05) is 35.0 Å². The summed E-state index contributed by atoms with van der Waals surface area (Å²) in [5, 5.41) is 29.7. The predicted octanol–water partition coefficient (Wildman–Crippen LogP) is 3.20. The van der Waals surface area contributed by atoms with Crippen LogP contribution in [0.3, 0.4) is 0 Å². The predicted molar refractivity (Wildman–Crippen MR) is 101 cm³/mol. The van der Waals surface area contributed by atoms with Crippen LogP contribution >= 0.6 is 0 Å². The van der Waals surface area contributed by atoms with E-state index in [9.17, 15) is 5.26 Å². The lowest BCUT2D eigenvalue weighted by molar-refractivity contribution is 0.432. The van der Waals surface area contributed by atoms with Crippen LogP contribution in [-0.2, 0) is 0 Å². The zero-order valence-corrected chi connectivity index (χ0v) is 14.8. The van der Waals surface area contributed by atoms with E-state index in [1.165, 1.54) is 6.20 Å². The van der Waals surface area contributed by atoms with Crippen molar-refractivity contribution in [1.82, 2.24) is 30.8 Å². The second-order valence-corrected chi connectivity index (χ2v) is 5.92. The van der Waals surface area contributed by atoms with Gasteiger partial charge in [0, 0.05) is 23.0 Å². The number of anilines is 1. The fourth-order valence-corrected chi connectivity index (χ4v) is 2.56. The average Bonchev–Trinajstić information content (AvgIpc) is 3.41. The summed E-state index contributed by atoms with van der Waals surface area (Å²) in [5.74, 6) is 1.15. The second kappa shape index (κ2) is 7.51. The number of aromatic nitrogens is 6. The van der Waals surface area contributed by atoms with Crippen molar-refractivity contribution in [2.24, 2.45) is 0 Å². The molecule has 0 unspecified atom stereocenters. The minimum atomic E-state index is 0.214. The van der Waals surface area contributed by atoms with Gasteiger partial charge in [0.25, 0.3) is 5.89 Å². The van der Waals surface area contributed by atoms with Crippen LogP contribution in [0.15, 0.2) is 59.3 Å². The van der Waals surface area contributed by atoms with Crippen molar-refractivity contribution in [2.45, 2.75) is 6.92 Å². The quantitative estimate of drug-likeness (QED) is 0.512. The number of aryl methyl sites for hydroxylation is 1. The second-order valence-electron chi connectivity index (χ2n) is 5.92. The van der Waals surface area contributed by atoms with Gasteiger partial charge >= 0.3 is 0 Å². The highest BCUT2D eigenvalue weighted by atomic mass is 16.5. The zero-order chi connectivity index (χ0) is 19.3. The average molecular weight is 370 g/mol. The van der Waals surface area contributed by atoms with Crippen molar-refractivity contribution in [3.8, 4) is 28.9 Å². The summed E-state index contributed by atoms with van der Waals surface area (Å²) in [6.45, 7) is 2.01. The van der Waals surface area contributed by atoms with Gasteiger partial charge in [0.15, 0.2) is 0 Å². The number of H-pyrrole nitrogens is 1. The number of aromatic amines is 1. The summed E-state index contributed by atoms with van der Waals surface area (Å²) in [6.07, 6.45) is 1.51. The van der Waals surface area contributed by atoms with Crippen LogP contribution < -0.4 is 5.32 Å². The molecule has 0 radical (unpaired) electrons. The Balaban J connectivity index is 1.57. The molecule has 2 N–H and O–H groups in total. The number of nitrogens with zero attached hydrogens (tertiary/aromatic N) is 6. The standard InChI is InChI=1S/C19H14N8O/c1-12-4-2-5-13(8-12)17-22-19(28-25-17)14-6-3-7-16(9-14)21-11-15(10-20)18-23-26-27-24-18/h2-9,11,21H,1H3,(H,23,24,26,27). The molecule has 136 valence electrons. The van der Waals surface area contributed by atoms with E-state index in [-0.39, 0.29) is 11.4 Å². The monoisotopic (exact) mass is 370 g/mol. The normalized spacial score (nSPS) is 11.2. The summed E-state index contributed by atoms with van der Waals surface area (Å²) in [5.41, 5.74) is 3.76. The maximum atomic E-state index is 9.23. The first-order chi connectivity index (χ1) is 13.7. The van der Waals surface area contributed by atoms with E-state index in [2.05, 4.69) is 36.1 Å². The topological polar surface area (TPSA) is 129 Å².